The molecule has 5 nitrogen and oxygen atoms in total. The van der Waals surface area contributed by atoms with E-state index in [0.717, 1.165) is 11.6 Å². The molecule has 0 amide bonds. The molecule has 0 saturated heterocycles. The van der Waals surface area contributed by atoms with Crippen molar-refractivity contribution >= 4 is 17.3 Å². The molecular weight excluding hydrogens is 282 g/mol. The summed E-state index contributed by atoms with van der Waals surface area (Å²) in [5.74, 6) is -1.55. The number of carbonyl (C=O) groups excluding carboxylic acids is 1. The number of alkyl halides is 3. The maximum atomic E-state index is 12.3. The molecule has 0 aliphatic rings. The standard InChI is InChI=1S/C8H4F3N3O2S.Na/c9-8(10,11)4-2-17-6(13-4)3-1-12-14-5(3)7(15)16;/h1-2H,(H,12,14)(H,15,16);/q;+1/p-1. The SMILES string of the molecule is O=C([O-])c1[nH]ncc1-c1nc(C(F)(F)F)cs1.[Na+]. The van der Waals surface area contributed by atoms with Gasteiger partial charge in [-0.25, -0.2) is 4.98 Å². The first-order valence-corrected chi connectivity index (χ1v) is 5.05. The van der Waals surface area contributed by atoms with E-state index >= 15 is 0 Å². The fourth-order valence-electron chi connectivity index (χ4n) is 1.13. The zero-order valence-corrected chi connectivity index (χ0v) is 11.7. The van der Waals surface area contributed by atoms with E-state index in [1.54, 1.807) is 0 Å². The number of halogens is 3. The molecule has 0 aromatic carbocycles. The molecule has 2 heterocycles. The molecule has 0 atom stereocenters. The van der Waals surface area contributed by atoms with Gasteiger partial charge in [-0.3, -0.25) is 5.10 Å². The number of aromatic nitrogens is 3. The van der Waals surface area contributed by atoms with Gasteiger partial charge in [0.1, 0.15) is 5.01 Å². The van der Waals surface area contributed by atoms with Crippen molar-refractivity contribution in [3.05, 3.63) is 23.0 Å². The number of H-pyrrole nitrogens is 1. The molecule has 0 fully saturated rings. The molecule has 0 bridgehead atoms. The van der Waals surface area contributed by atoms with Gasteiger partial charge in [-0.2, -0.15) is 18.3 Å². The number of thiazole rings is 1. The summed E-state index contributed by atoms with van der Waals surface area (Å²) in [6.45, 7) is 0. The molecule has 2 rings (SSSR count). The molecule has 2 aromatic heterocycles. The topological polar surface area (TPSA) is 81.7 Å². The minimum absolute atomic E-state index is 0. The Morgan fingerprint density at radius 1 is 1.44 bits per heavy atom. The van der Waals surface area contributed by atoms with Crippen LogP contribution in [0.2, 0.25) is 0 Å². The van der Waals surface area contributed by atoms with Gasteiger partial charge in [-0.1, -0.05) is 0 Å². The fraction of sp³-hybridized carbons (Fsp3) is 0.125. The summed E-state index contributed by atoms with van der Waals surface area (Å²) >= 11 is 0.683. The van der Waals surface area contributed by atoms with Crippen LogP contribution in [-0.2, 0) is 6.18 Å². The van der Waals surface area contributed by atoms with Gasteiger partial charge in [0.05, 0.1) is 23.4 Å². The van der Waals surface area contributed by atoms with E-state index in [2.05, 4.69) is 15.2 Å². The van der Waals surface area contributed by atoms with Crippen LogP contribution in [0.5, 0.6) is 0 Å². The molecule has 0 aliphatic heterocycles. The number of aromatic carboxylic acids is 1. The van der Waals surface area contributed by atoms with Crippen molar-refractivity contribution in [2.45, 2.75) is 6.18 Å². The first-order valence-electron chi connectivity index (χ1n) is 4.17. The molecule has 2 aromatic rings. The Labute approximate surface area is 124 Å². The average Bonchev–Trinajstić information content (AvgIpc) is 2.85. The van der Waals surface area contributed by atoms with E-state index in [9.17, 15) is 23.1 Å². The second-order valence-corrected chi connectivity index (χ2v) is 3.84. The number of hydrogen-bond donors (Lipinski definition) is 1. The van der Waals surface area contributed by atoms with Gasteiger partial charge in [-0.15, -0.1) is 11.3 Å². The third-order valence-corrected chi connectivity index (χ3v) is 2.74. The molecule has 1 N–H and O–H groups in total. The fourth-order valence-corrected chi connectivity index (χ4v) is 1.97. The van der Waals surface area contributed by atoms with Crippen molar-refractivity contribution in [3.8, 4) is 10.6 Å². The Balaban J connectivity index is 0.00000162. The normalized spacial score (nSPS) is 11.1. The summed E-state index contributed by atoms with van der Waals surface area (Å²) in [6.07, 6.45) is -3.47. The van der Waals surface area contributed by atoms with Crippen LogP contribution < -0.4 is 34.7 Å². The monoisotopic (exact) mass is 285 g/mol. The molecular formula is C8H3F3N3NaO2S. The van der Waals surface area contributed by atoms with Crippen molar-refractivity contribution in [2.75, 3.05) is 0 Å². The van der Waals surface area contributed by atoms with E-state index in [-0.39, 0.29) is 40.1 Å². The van der Waals surface area contributed by atoms with Crippen molar-refractivity contribution < 1.29 is 52.6 Å². The number of hydrogen-bond acceptors (Lipinski definition) is 5. The van der Waals surface area contributed by atoms with E-state index in [4.69, 9.17) is 0 Å². The molecule has 0 radical (unpaired) electrons. The summed E-state index contributed by atoms with van der Waals surface area (Å²) in [6, 6.07) is 0. The van der Waals surface area contributed by atoms with Crippen molar-refractivity contribution in [1.82, 2.24) is 15.2 Å². The first-order chi connectivity index (χ1) is 7.89. The minimum Gasteiger partial charge on any atom is -0.543 e. The second-order valence-electron chi connectivity index (χ2n) is 2.98. The number of carboxylic acid groups (broad SMARTS) is 1. The molecule has 90 valence electrons. The Bertz CT molecular complexity index is 566. The molecule has 0 spiro atoms. The van der Waals surface area contributed by atoms with Gasteiger partial charge in [0.2, 0.25) is 0 Å². The van der Waals surface area contributed by atoms with Crippen LogP contribution >= 0.6 is 11.3 Å². The van der Waals surface area contributed by atoms with Crippen LogP contribution in [0.4, 0.5) is 13.2 Å². The average molecular weight is 285 g/mol. The number of rotatable bonds is 2. The smallest absolute Gasteiger partial charge is 0.543 e. The van der Waals surface area contributed by atoms with E-state index in [1.807, 2.05) is 0 Å². The zero-order chi connectivity index (χ0) is 12.6. The summed E-state index contributed by atoms with van der Waals surface area (Å²) in [5, 5.41) is 16.9. The van der Waals surface area contributed by atoms with Gasteiger partial charge in [-0.05, 0) is 0 Å². The molecule has 0 unspecified atom stereocenters. The molecule has 0 saturated carbocycles. The van der Waals surface area contributed by atoms with Crippen molar-refractivity contribution in [3.63, 3.8) is 0 Å². The largest absolute Gasteiger partial charge is 1.00 e. The second kappa shape index (κ2) is 5.39. The maximum Gasteiger partial charge on any atom is 1.00 e. The van der Waals surface area contributed by atoms with Gasteiger partial charge in [0.15, 0.2) is 5.69 Å². The maximum absolute atomic E-state index is 12.3. The molecule has 0 aliphatic carbocycles. The van der Waals surface area contributed by atoms with Gasteiger partial charge >= 0.3 is 35.7 Å². The van der Waals surface area contributed by atoms with Gasteiger partial charge in [0, 0.05) is 5.38 Å². The van der Waals surface area contributed by atoms with Gasteiger partial charge in [0.25, 0.3) is 0 Å². The van der Waals surface area contributed by atoms with Crippen LogP contribution in [0.15, 0.2) is 11.6 Å². The number of aromatic amines is 1. The Morgan fingerprint density at radius 3 is 2.61 bits per heavy atom. The van der Waals surface area contributed by atoms with Crippen LogP contribution in [-0.4, -0.2) is 21.2 Å². The van der Waals surface area contributed by atoms with Gasteiger partial charge < -0.3 is 9.90 Å². The van der Waals surface area contributed by atoms with Crippen molar-refractivity contribution in [1.29, 1.82) is 0 Å². The number of carbonyl (C=O) groups is 1. The summed E-state index contributed by atoms with van der Waals surface area (Å²) in [5.41, 5.74) is -1.48. The quantitative estimate of drug-likeness (QED) is 0.642. The van der Waals surface area contributed by atoms with Crippen LogP contribution in [0.3, 0.4) is 0 Å². The summed E-state index contributed by atoms with van der Waals surface area (Å²) in [7, 11) is 0. The Hall–Kier alpha value is -0.900. The number of nitrogens with one attached hydrogen (secondary N) is 1. The minimum atomic E-state index is -4.56. The predicted octanol–water partition coefficient (Wildman–Crippen LogP) is -2.08. The van der Waals surface area contributed by atoms with E-state index < -0.39 is 23.5 Å². The number of carboxylic acids is 1. The van der Waals surface area contributed by atoms with E-state index in [1.165, 1.54) is 0 Å². The van der Waals surface area contributed by atoms with Crippen LogP contribution in [0.1, 0.15) is 16.2 Å². The zero-order valence-electron chi connectivity index (χ0n) is 8.91. The molecule has 10 heteroatoms. The molecule has 18 heavy (non-hydrogen) atoms. The Kier molecular flexibility index (Phi) is 4.54. The third-order valence-electron chi connectivity index (χ3n) is 1.87. The van der Waals surface area contributed by atoms with Crippen LogP contribution in [0, 0.1) is 0 Å². The Morgan fingerprint density at radius 2 is 2.11 bits per heavy atom. The third kappa shape index (κ3) is 2.91. The summed E-state index contributed by atoms with van der Waals surface area (Å²) in [4.78, 5) is 13.9. The number of nitrogens with zero attached hydrogens (tertiary/aromatic N) is 2. The van der Waals surface area contributed by atoms with E-state index in [0.29, 0.717) is 11.3 Å². The summed E-state index contributed by atoms with van der Waals surface area (Å²) < 4.78 is 36.9. The van der Waals surface area contributed by atoms with Crippen molar-refractivity contribution in [2.24, 2.45) is 0 Å². The first kappa shape index (κ1) is 15.2. The predicted molar refractivity (Wildman–Crippen MR) is 49.0 cm³/mol. The van der Waals surface area contributed by atoms with Crippen LogP contribution in [0.25, 0.3) is 10.6 Å².